The van der Waals surface area contributed by atoms with Crippen molar-refractivity contribution in [3.8, 4) is 0 Å². The fraction of sp³-hybridized carbons (Fsp3) is 0.917. The largest absolute Gasteiger partial charge is 0.481 e. The lowest BCUT2D eigenvalue weighted by Crippen LogP contribution is -2.52. The van der Waals surface area contributed by atoms with Gasteiger partial charge in [-0.1, -0.05) is 26.7 Å². The Labute approximate surface area is 175 Å². The number of rotatable bonds is 5. The fourth-order valence-electron chi connectivity index (χ4n) is 7.66. The third-order valence-electron chi connectivity index (χ3n) is 9.09. The molecule has 0 aromatic carbocycles. The lowest BCUT2D eigenvalue weighted by Gasteiger charge is -2.53. The van der Waals surface area contributed by atoms with Crippen molar-refractivity contribution in [1.29, 1.82) is 0 Å². The van der Waals surface area contributed by atoms with E-state index >= 15 is 0 Å². The highest BCUT2D eigenvalue weighted by molar-refractivity contribution is 5.66. The van der Waals surface area contributed by atoms with Crippen LogP contribution in [0, 0.1) is 40.9 Å². The monoisotopic (exact) mass is 408 g/mol. The molecule has 0 radical (unpaired) electrons. The first-order valence-corrected chi connectivity index (χ1v) is 11.7. The Morgan fingerprint density at radius 3 is 2.55 bits per heavy atom. The van der Waals surface area contributed by atoms with E-state index in [0.717, 1.165) is 44.8 Å². The molecule has 0 aliphatic heterocycles. The van der Waals surface area contributed by atoms with E-state index < -0.39 is 23.6 Å². The van der Waals surface area contributed by atoms with Crippen LogP contribution in [-0.2, 0) is 9.59 Å². The van der Waals surface area contributed by atoms with Crippen LogP contribution in [0.4, 0.5) is 0 Å². The molecule has 3 aliphatic carbocycles. The average Bonchev–Trinajstić information content (AvgIpc) is 2.99. The summed E-state index contributed by atoms with van der Waals surface area (Å²) < 4.78 is 0. The normalized spacial score (nSPS) is 46.5. The van der Waals surface area contributed by atoms with Crippen molar-refractivity contribution in [2.45, 2.75) is 96.7 Å². The van der Waals surface area contributed by atoms with Gasteiger partial charge in [0, 0.05) is 18.8 Å². The number of aliphatic hydroxyl groups is 2. The predicted octanol–water partition coefficient (Wildman–Crippen LogP) is 4.05. The summed E-state index contributed by atoms with van der Waals surface area (Å²) in [6.07, 6.45) is 8.61. The van der Waals surface area contributed by atoms with Crippen LogP contribution in [0.3, 0.4) is 0 Å². The van der Waals surface area contributed by atoms with Crippen LogP contribution in [0.2, 0.25) is 0 Å². The number of carboxylic acid groups (broad SMARTS) is 1. The summed E-state index contributed by atoms with van der Waals surface area (Å²) in [5.74, 6) is 0.617. The number of carboxylic acids is 1. The SMILES string of the molecule is C[C@H](CCC(=O)O)[C@H]1CCC2C3C(CCCC(O)C[C@@](C)(O)[C@@H]3C=O)CC[C@@]21C. The van der Waals surface area contributed by atoms with E-state index in [1.54, 1.807) is 6.92 Å². The molecule has 0 aromatic heterocycles. The number of aldehydes is 1. The third kappa shape index (κ3) is 4.41. The molecule has 9 atom stereocenters. The van der Waals surface area contributed by atoms with E-state index in [9.17, 15) is 19.8 Å². The number of fused-ring (bicyclic) bond motifs is 3. The van der Waals surface area contributed by atoms with Gasteiger partial charge in [-0.25, -0.2) is 0 Å². The second-order valence-electron chi connectivity index (χ2n) is 10.9. The van der Waals surface area contributed by atoms with Crippen molar-refractivity contribution in [2.75, 3.05) is 0 Å². The van der Waals surface area contributed by atoms with Crippen LogP contribution in [-0.4, -0.2) is 39.3 Å². The standard InChI is InChI=1S/C24H40O5/c1-15(7-10-21(27)28)18-8-9-19-22-16(11-12-23(18,19)2)5-4-6-17(26)13-24(3,29)20(22)14-25/h14-20,22,26,29H,4-13H2,1-3H3,(H,27,28)/t15-,16?,17?,18-,19?,20-,22?,23-,24-/m1/s1. The molecule has 3 rings (SSSR count). The van der Waals surface area contributed by atoms with Crippen molar-refractivity contribution in [3.05, 3.63) is 0 Å². The molecule has 3 aliphatic rings. The van der Waals surface area contributed by atoms with Crippen LogP contribution in [0.25, 0.3) is 0 Å². The molecule has 4 unspecified atom stereocenters. The average molecular weight is 409 g/mol. The van der Waals surface area contributed by atoms with Gasteiger partial charge in [0.2, 0.25) is 0 Å². The smallest absolute Gasteiger partial charge is 0.303 e. The molecule has 0 amide bonds. The van der Waals surface area contributed by atoms with Crippen molar-refractivity contribution in [1.82, 2.24) is 0 Å². The second kappa shape index (κ2) is 8.66. The van der Waals surface area contributed by atoms with Crippen molar-refractivity contribution < 1.29 is 24.9 Å². The van der Waals surface area contributed by atoms with E-state index in [0.29, 0.717) is 36.5 Å². The molecule has 5 nitrogen and oxygen atoms in total. The van der Waals surface area contributed by atoms with E-state index in [2.05, 4.69) is 13.8 Å². The van der Waals surface area contributed by atoms with E-state index in [1.165, 1.54) is 0 Å². The first-order chi connectivity index (χ1) is 13.6. The summed E-state index contributed by atoms with van der Waals surface area (Å²) in [5.41, 5.74) is -1.08. The third-order valence-corrected chi connectivity index (χ3v) is 9.09. The molecule has 0 heterocycles. The van der Waals surface area contributed by atoms with Gasteiger partial charge in [0.15, 0.2) is 0 Å². The summed E-state index contributed by atoms with van der Waals surface area (Å²) in [5, 5.41) is 30.7. The summed E-state index contributed by atoms with van der Waals surface area (Å²) in [4.78, 5) is 23.4. The van der Waals surface area contributed by atoms with Crippen LogP contribution in [0.5, 0.6) is 0 Å². The Morgan fingerprint density at radius 1 is 1.17 bits per heavy atom. The number of aliphatic carboxylic acids is 1. The number of aliphatic hydroxyl groups excluding tert-OH is 1. The van der Waals surface area contributed by atoms with Crippen molar-refractivity contribution >= 4 is 12.3 Å². The molecule has 0 bridgehead atoms. The lowest BCUT2D eigenvalue weighted by molar-refractivity contribution is -0.140. The molecule has 0 aromatic rings. The topological polar surface area (TPSA) is 94.8 Å². The van der Waals surface area contributed by atoms with Crippen LogP contribution < -0.4 is 0 Å². The molecule has 3 saturated carbocycles. The highest BCUT2D eigenvalue weighted by atomic mass is 16.4. The zero-order chi connectivity index (χ0) is 21.4. The predicted molar refractivity (Wildman–Crippen MR) is 111 cm³/mol. The lowest BCUT2D eigenvalue weighted by atomic mass is 9.52. The number of hydrogen-bond acceptors (Lipinski definition) is 4. The zero-order valence-corrected chi connectivity index (χ0v) is 18.3. The highest BCUT2D eigenvalue weighted by Gasteiger charge is 2.58. The van der Waals surface area contributed by atoms with E-state index in [1.807, 2.05) is 0 Å². The minimum atomic E-state index is -1.18. The van der Waals surface area contributed by atoms with Gasteiger partial charge in [0.1, 0.15) is 6.29 Å². The maximum absolute atomic E-state index is 12.3. The summed E-state index contributed by atoms with van der Waals surface area (Å²) >= 11 is 0. The van der Waals surface area contributed by atoms with Crippen molar-refractivity contribution in [3.63, 3.8) is 0 Å². The number of carbonyl (C=O) groups excluding carboxylic acids is 1. The molecule has 3 N–H and O–H groups in total. The molecule has 5 heteroatoms. The Kier molecular flexibility index (Phi) is 6.79. The maximum Gasteiger partial charge on any atom is 0.303 e. The van der Waals surface area contributed by atoms with Gasteiger partial charge >= 0.3 is 5.97 Å². The molecule has 166 valence electrons. The number of carbonyl (C=O) groups is 2. The molecule has 3 fully saturated rings. The van der Waals surface area contributed by atoms with Crippen LogP contribution in [0.1, 0.15) is 85.0 Å². The van der Waals surface area contributed by atoms with Gasteiger partial charge in [0.05, 0.1) is 11.7 Å². The van der Waals surface area contributed by atoms with E-state index in [-0.39, 0.29) is 24.2 Å². The van der Waals surface area contributed by atoms with Crippen LogP contribution >= 0.6 is 0 Å². The van der Waals surface area contributed by atoms with Crippen molar-refractivity contribution in [2.24, 2.45) is 40.9 Å². The Balaban J connectivity index is 1.89. The zero-order valence-electron chi connectivity index (χ0n) is 18.3. The van der Waals surface area contributed by atoms with Gasteiger partial charge < -0.3 is 20.1 Å². The first-order valence-electron chi connectivity index (χ1n) is 11.7. The minimum Gasteiger partial charge on any atom is -0.481 e. The van der Waals surface area contributed by atoms with Gasteiger partial charge in [0.25, 0.3) is 0 Å². The van der Waals surface area contributed by atoms with Gasteiger partial charge in [-0.05, 0) is 80.5 Å². The molecular formula is C24H40O5. The Morgan fingerprint density at radius 2 is 1.90 bits per heavy atom. The summed E-state index contributed by atoms with van der Waals surface area (Å²) in [6.45, 7) is 6.30. The van der Waals surface area contributed by atoms with Crippen LogP contribution in [0.15, 0.2) is 0 Å². The molecular weight excluding hydrogens is 368 g/mol. The van der Waals surface area contributed by atoms with Gasteiger partial charge in [-0.3, -0.25) is 4.79 Å². The molecule has 0 saturated heterocycles. The molecule has 0 spiro atoms. The highest BCUT2D eigenvalue weighted by Crippen LogP contribution is 2.64. The Bertz CT molecular complexity index is 602. The van der Waals surface area contributed by atoms with Gasteiger partial charge in [-0.2, -0.15) is 0 Å². The minimum absolute atomic E-state index is 0.100. The fourth-order valence-corrected chi connectivity index (χ4v) is 7.66. The van der Waals surface area contributed by atoms with E-state index in [4.69, 9.17) is 5.11 Å². The first kappa shape index (κ1) is 22.7. The quantitative estimate of drug-likeness (QED) is 0.597. The van der Waals surface area contributed by atoms with Gasteiger partial charge in [-0.15, -0.1) is 0 Å². The Hall–Kier alpha value is -0.940. The second-order valence-corrected chi connectivity index (χ2v) is 10.9. The molecule has 29 heavy (non-hydrogen) atoms. The number of hydrogen-bond donors (Lipinski definition) is 3. The maximum atomic E-state index is 12.3. The summed E-state index contributed by atoms with van der Waals surface area (Å²) in [6, 6.07) is 0. The summed E-state index contributed by atoms with van der Waals surface area (Å²) in [7, 11) is 0.